The number of benzene rings is 1. The molecule has 0 N–H and O–H groups in total. The minimum absolute atomic E-state index is 0.0378. The lowest BCUT2D eigenvalue weighted by Crippen LogP contribution is -2.44. The third-order valence-electron chi connectivity index (χ3n) is 5.76. The third kappa shape index (κ3) is 5.59. The standard InChI is InChI=1S/C22H28ClN3O4/c23-19-6-2-1-4-17(19)14-21(27)26-10-3-5-18(15-26)29-13-9-20-24-22(30-25-20)16-7-11-28-12-8-16/h1-2,4,6,16,18H,3,5,7-15H2. The minimum atomic E-state index is 0.0378. The molecule has 2 aromatic rings. The number of hydrogen-bond donors (Lipinski definition) is 0. The molecule has 2 aliphatic rings. The molecule has 0 saturated carbocycles. The maximum Gasteiger partial charge on any atom is 0.229 e. The summed E-state index contributed by atoms with van der Waals surface area (Å²) in [4.78, 5) is 19.1. The molecule has 2 fully saturated rings. The van der Waals surface area contributed by atoms with Crippen LogP contribution >= 0.6 is 11.6 Å². The quantitative estimate of drug-likeness (QED) is 0.665. The van der Waals surface area contributed by atoms with Crippen LogP contribution in [0.1, 0.15) is 48.9 Å². The van der Waals surface area contributed by atoms with Gasteiger partial charge >= 0.3 is 0 Å². The van der Waals surface area contributed by atoms with Crippen LogP contribution in [0.25, 0.3) is 0 Å². The molecule has 3 heterocycles. The Morgan fingerprint density at radius 2 is 2.07 bits per heavy atom. The number of aromatic nitrogens is 2. The summed E-state index contributed by atoms with van der Waals surface area (Å²) in [5.41, 5.74) is 0.865. The van der Waals surface area contributed by atoms with Crippen molar-refractivity contribution in [1.82, 2.24) is 15.0 Å². The molecular formula is C22H28ClN3O4. The van der Waals surface area contributed by atoms with E-state index < -0.39 is 0 Å². The van der Waals surface area contributed by atoms with E-state index in [2.05, 4.69) is 10.1 Å². The Morgan fingerprint density at radius 1 is 1.23 bits per heavy atom. The lowest BCUT2D eigenvalue weighted by Gasteiger charge is -2.32. The van der Waals surface area contributed by atoms with Crippen LogP contribution in [0.5, 0.6) is 0 Å². The average molecular weight is 434 g/mol. The van der Waals surface area contributed by atoms with E-state index in [1.165, 1.54) is 0 Å². The summed E-state index contributed by atoms with van der Waals surface area (Å²) in [7, 11) is 0. The number of likely N-dealkylation sites (tertiary alicyclic amines) is 1. The molecule has 0 radical (unpaired) electrons. The van der Waals surface area contributed by atoms with Crippen molar-refractivity contribution < 1.29 is 18.8 Å². The minimum Gasteiger partial charge on any atom is -0.381 e. The summed E-state index contributed by atoms with van der Waals surface area (Å²) in [5.74, 6) is 1.79. The van der Waals surface area contributed by atoms with Gasteiger partial charge in [0.1, 0.15) is 0 Å². The van der Waals surface area contributed by atoms with Gasteiger partial charge in [0, 0.05) is 43.7 Å². The van der Waals surface area contributed by atoms with E-state index in [9.17, 15) is 4.79 Å². The zero-order chi connectivity index (χ0) is 20.8. The van der Waals surface area contributed by atoms with Crippen molar-refractivity contribution in [2.24, 2.45) is 0 Å². The van der Waals surface area contributed by atoms with Crippen LogP contribution in [0.2, 0.25) is 5.02 Å². The maximum atomic E-state index is 12.7. The van der Waals surface area contributed by atoms with Crippen molar-refractivity contribution in [3.05, 3.63) is 46.6 Å². The second-order valence-corrected chi connectivity index (χ2v) is 8.34. The molecule has 4 rings (SSSR count). The Morgan fingerprint density at radius 3 is 2.90 bits per heavy atom. The van der Waals surface area contributed by atoms with E-state index >= 15 is 0 Å². The fourth-order valence-corrected chi connectivity index (χ4v) is 4.22. The van der Waals surface area contributed by atoms with Gasteiger partial charge in [-0.2, -0.15) is 4.98 Å². The molecule has 0 spiro atoms. The molecule has 1 amide bonds. The van der Waals surface area contributed by atoms with Crippen LogP contribution < -0.4 is 0 Å². The van der Waals surface area contributed by atoms with Crippen molar-refractivity contribution in [2.45, 2.75) is 50.5 Å². The van der Waals surface area contributed by atoms with Crippen LogP contribution in [0.15, 0.2) is 28.8 Å². The first-order valence-corrected chi connectivity index (χ1v) is 11.1. The van der Waals surface area contributed by atoms with Crippen LogP contribution in [0.3, 0.4) is 0 Å². The molecule has 1 unspecified atom stereocenters. The van der Waals surface area contributed by atoms with Crippen LogP contribution in [0.4, 0.5) is 0 Å². The molecular weight excluding hydrogens is 406 g/mol. The molecule has 8 heteroatoms. The lowest BCUT2D eigenvalue weighted by molar-refractivity contribution is -0.134. The maximum absolute atomic E-state index is 12.7. The van der Waals surface area contributed by atoms with Crippen molar-refractivity contribution in [3.8, 4) is 0 Å². The molecule has 0 aliphatic carbocycles. The van der Waals surface area contributed by atoms with E-state index in [1.807, 2.05) is 29.2 Å². The average Bonchev–Trinajstić information content (AvgIpc) is 3.25. The van der Waals surface area contributed by atoms with Gasteiger partial charge in [0.25, 0.3) is 0 Å². The van der Waals surface area contributed by atoms with Gasteiger partial charge in [-0.15, -0.1) is 0 Å². The Labute approximate surface area is 181 Å². The second kappa shape index (κ2) is 10.4. The number of amides is 1. The molecule has 7 nitrogen and oxygen atoms in total. The summed E-state index contributed by atoms with van der Waals surface area (Å²) in [6.45, 7) is 3.40. The van der Waals surface area contributed by atoms with Gasteiger partial charge in [0.15, 0.2) is 5.82 Å². The first-order chi connectivity index (χ1) is 14.7. The van der Waals surface area contributed by atoms with Gasteiger partial charge in [-0.1, -0.05) is 35.0 Å². The normalized spacial score (nSPS) is 20.4. The number of hydrogen-bond acceptors (Lipinski definition) is 6. The highest BCUT2D eigenvalue weighted by Gasteiger charge is 2.25. The first-order valence-electron chi connectivity index (χ1n) is 10.7. The van der Waals surface area contributed by atoms with Gasteiger partial charge < -0.3 is 18.9 Å². The Balaban J connectivity index is 1.22. The number of carbonyl (C=O) groups excluding carboxylic acids is 1. The molecule has 2 saturated heterocycles. The van der Waals surface area contributed by atoms with Crippen LogP contribution in [-0.2, 0) is 27.1 Å². The van der Waals surface area contributed by atoms with Crippen molar-refractivity contribution in [3.63, 3.8) is 0 Å². The number of piperidine rings is 1. The third-order valence-corrected chi connectivity index (χ3v) is 6.13. The highest BCUT2D eigenvalue weighted by Crippen LogP contribution is 2.25. The topological polar surface area (TPSA) is 77.7 Å². The largest absolute Gasteiger partial charge is 0.381 e. The Bertz CT molecular complexity index is 837. The number of carbonyl (C=O) groups is 1. The summed E-state index contributed by atoms with van der Waals surface area (Å²) in [6, 6.07) is 7.49. The predicted octanol–water partition coefficient (Wildman–Crippen LogP) is 3.41. The van der Waals surface area contributed by atoms with Crippen molar-refractivity contribution in [1.29, 1.82) is 0 Å². The van der Waals surface area contributed by atoms with E-state index in [1.54, 1.807) is 0 Å². The molecule has 0 bridgehead atoms. The lowest BCUT2D eigenvalue weighted by atomic mass is 10.0. The number of nitrogens with zero attached hydrogens (tertiary/aromatic N) is 3. The van der Waals surface area contributed by atoms with E-state index in [4.69, 9.17) is 25.6 Å². The van der Waals surface area contributed by atoms with Gasteiger partial charge in [0.05, 0.1) is 19.1 Å². The monoisotopic (exact) mass is 433 g/mol. The van der Waals surface area contributed by atoms with Gasteiger partial charge in [-0.3, -0.25) is 4.79 Å². The van der Waals surface area contributed by atoms with Gasteiger partial charge in [-0.25, -0.2) is 0 Å². The Hall–Kier alpha value is -1.96. The van der Waals surface area contributed by atoms with Crippen molar-refractivity contribution in [2.75, 3.05) is 32.9 Å². The highest BCUT2D eigenvalue weighted by molar-refractivity contribution is 6.31. The fourth-order valence-electron chi connectivity index (χ4n) is 4.01. The summed E-state index contributed by atoms with van der Waals surface area (Å²) < 4.78 is 16.8. The van der Waals surface area contributed by atoms with E-state index in [0.717, 1.165) is 51.0 Å². The second-order valence-electron chi connectivity index (χ2n) is 7.93. The molecule has 2 aliphatic heterocycles. The van der Waals surface area contributed by atoms with E-state index in [-0.39, 0.29) is 12.0 Å². The molecule has 1 aromatic heterocycles. The van der Waals surface area contributed by atoms with E-state index in [0.29, 0.717) is 48.6 Å². The van der Waals surface area contributed by atoms with Crippen LogP contribution in [-0.4, -0.2) is 60.0 Å². The van der Waals surface area contributed by atoms with Gasteiger partial charge in [0.2, 0.25) is 11.8 Å². The fraction of sp³-hybridized carbons (Fsp3) is 0.591. The zero-order valence-corrected chi connectivity index (χ0v) is 17.9. The van der Waals surface area contributed by atoms with Gasteiger partial charge in [-0.05, 0) is 37.3 Å². The smallest absolute Gasteiger partial charge is 0.229 e. The number of rotatable bonds is 7. The molecule has 1 atom stereocenters. The highest BCUT2D eigenvalue weighted by atomic mass is 35.5. The molecule has 162 valence electrons. The summed E-state index contributed by atoms with van der Waals surface area (Å²) in [6.07, 6.45) is 4.72. The first kappa shape index (κ1) is 21.3. The van der Waals surface area contributed by atoms with Crippen molar-refractivity contribution >= 4 is 17.5 Å². The SMILES string of the molecule is O=C(Cc1ccccc1Cl)N1CCCC(OCCc2noc(C3CCOCC3)n2)C1. The molecule has 1 aromatic carbocycles. The number of ether oxygens (including phenoxy) is 2. The Kier molecular flexibility index (Phi) is 7.36. The molecule has 30 heavy (non-hydrogen) atoms. The zero-order valence-electron chi connectivity index (χ0n) is 17.1. The summed E-state index contributed by atoms with van der Waals surface area (Å²) in [5, 5.41) is 4.72. The predicted molar refractivity (Wildman–Crippen MR) is 112 cm³/mol. The number of halogens is 1. The summed E-state index contributed by atoms with van der Waals surface area (Å²) >= 11 is 6.19. The van der Waals surface area contributed by atoms with Crippen LogP contribution in [0, 0.1) is 0 Å².